The van der Waals surface area contributed by atoms with E-state index in [1.54, 1.807) is 12.1 Å². The molecule has 138 valence electrons. The summed E-state index contributed by atoms with van der Waals surface area (Å²) < 4.78 is 18.8. The summed E-state index contributed by atoms with van der Waals surface area (Å²) >= 11 is 4.64. The summed E-state index contributed by atoms with van der Waals surface area (Å²) in [4.78, 5) is 24.7. The first-order chi connectivity index (χ1) is 13.0. The number of nitrogens with one attached hydrogen (secondary N) is 1. The molecule has 0 saturated carbocycles. The molecule has 3 rings (SSSR count). The van der Waals surface area contributed by atoms with Crippen LogP contribution in [0.5, 0.6) is 0 Å². The first-order valence-corrected chi connectivity index (χ1v) is 9.65. The van der Waals surface area contributed by atoms with Crippen molar-refractivity contribution >= 4 is 44.1 Å². The van der Waals surface area contributed by atoms with E-state index in [4.69, 9.17) is 4.74 Å². The van der Waals surface area contributed by atoms with Crippen molar-refractivity contribution in [2.24, 2.45) is 0 Å². The number of carbonyl (C=O) groups is 2. The van der Waals surface area contributed by atoms with Gasteiger partial charge in [-0.15, -0.1) is 11.3 Å². The normalized spacial score (nSPS) is 10.5. The summed E-state index contributed by atoms with van der Waals surface area (Å²) in [7, 11) is 1.30. The van der Waals surface area contributed by atoms with Gasteiger partial charge in [0.2, 0.25) is 5.91 Å². The van der Waals surface area contributed by atoms with E-state index in [1.165, 1.54) is 30.6 Å². The van der Waals surface area contributed by atoms with E-state index < -0.39 is 5.97 Å². The largest absolute Gasteiger partial charge is 0.465 e. The molecule has 3 aromatic rings. The van der Waals surface area contributed by atoms with Crippen molar-refractivity contribution in [3.05, 3.63) is 75.3 Å². The molecule has 7 heteroatoms. The number of amides is 1. The van der Waals surface area contributed by atoms with Gasteiger partial charge in [0.05, 0.1) is 13.5 Å². The van der Waals surface area contributed by atoms with Gasteiger partial charge in [0.25, 0.3) is 0 Å². The molecule has 0 aliphatic rings. The Balaban J connectivity index is 1.86. The molecule has 0 atom stereocenters. The zero-order chi connectivity index (χ0) is 19.4. The van der Waals surface area contributed by atoms with Crippen LogP contribution in [-0.2, 0) is 16.0 Å². The van der Waals surface area contributed by atoms with E-state index >= 15 is 0 Å². The van der Waals surface area contributed by atoms with Crippen LogP contribution in [0.1, 0.15) is 15.9 Å². The molecular weight excluding hydrogens is 433 g/mol. The number of halogens is 2. The zero-order valence-corrected chi connectivity index (χ0v) is 16.7. The standard InChI is InChI=1S/C20H15BrFNO3S/c1-26-20(25)18-16(13-4-6-14(21)7-5-13)11-27-19(18)23-17(24)10-12-2-8-15(22)9-3-12/h2-9,11H,10H2,1H3,(H,23,24). The maximum atomic E-state index is 13.0. The van der Waals surface area contributed by atoms with Crippen molar-refractivity contribution in [3.63, 3.8) is 0 Å². The number of hydrogen-bond acceptors (Lipinski definition) is 4. The Labute approximate surface area is 168 Å². The number of benzene rings is 2. The lowest BCUT2D eigenvalue weighted by Gasteiger charge is -2.08. The van der Waals surface area contributed by atoms with Crippen LogP contribution in [0.3, 0.4) is 0 Å². The van der Waals surface area contributed by atoms with Crippen molar-refractivity contribution in [2.75, 3.05) is 12.4 Å². The van der Waals surface area contributed by atoms with Gasteiger partial charge in [-0.1, -0.05) is 40.2 Å². The number of anilines is 1. The second-order valence-corrected chi connectivity index (χ2v) is 7.50. The van der Waals surface area contributed by atoms with E-state index in [2.05, 4.69) is 21.2 Å². The minimum absolute atomic E-state index is 0.0758. The smallest absolute Gasteiger partial charge is 0.341 e. The molecule has 27 heavy (non-hydrogen) atoms. The van der Waals surface area contributed by atoms with Crippen molar-refractivity contribution < 1.29 is 18.7 Å². The molecule has 1 N–H and O–H groups in total. The first kappa shape index (κ1) is 19.3. The summed E-state index contributed by atoms with van der Waals surface area (Å²) in [6.45, 7) is 0. The highest BCUT2D eigenvalue weighted by atomic mass is 79.9. The fraction of sp³-hybridized carbons (Fsp3) is 0.100. The molecule has 0 fully saturated rings. The van der Waals surface area contributed by atoms with Crippen LogP contribution < -0.4 is 5.32 Å². The number of ether oxygens (including phenoxy) is 1. The molecular formula is C20H15BrFNO3S. The molecule has 1 amide bonds. The maximum Gasteiger partial charge on any atom is 0.341 e. The molecule has 0 bridgehead atoms. The highest BCUT2D eigenvalue weighted by molar-refractivity contribution is 9.10. The molecule has 2 aromatic carbocycles. The fourth-order valence-corrected chi connectivity index (χ4v) is 3.79. The minimum atomic E-state index is -0.522. The Hall–Kier alpha value is -2.51. The highest BCUT2D eigenvalue weighted by Crippen LogP contribution is 2.36. The quantitative estimate of drug-likeness (QED) is 0.540. The third kappa shape index (κ3) is 4.61. The number of carbonyl (C=O) groups excluding carboxylic acids is 2. The van der Waals surface area contributed by atoms with Crippen LogP contribution in [0.2, 0.25) is 0 Å². The van der Waals surface area contributed by atoms with Gasteiger partial charge in [0.1, 0.15) is 16.4 Å². The number of methoxy groups -OCH3 is 1. The average Bonchev–Trinajstić information content (AvgIpc) is 3.07. The van der Waals surface area contributed by atoms with Gasteiger partial charge in [-0.3, -0.25) is 4.79 Å². The van der Waals surface area contributed by atoms with Gasteiger partial charge < -0.3 is 10.1 Å². The van der Waals surface area contributed by atoms with Gasteiger partial charge in [-0.2, -0.15) is 0 Å². The topological polar surface area (TPSA) is 55.4 Å². The molecule has 0 radical (unpaired) electrons. The van der Waals surface area contributed by atoms with Gasteiger partial charge in [-0.25, -0.2) is 9.18 Å². The molecule has 1 heterocycles. The van der Waals surface area contributed by atoms with Crippen molar-refractivity contribution in [1.29, 1.82) is 0 Å². The number of thiophene rings is 1. The molecule has 1 aromatic heterocycles. The van der Waals surface area contributed by atoms with E-state index in [-0.39, 0.29) is 18.1 Å². The van der Waals surface area contributed by atoms with Crippen LogP contribution in [0.25, 0.3) is 11.1 Å². The third-order valence-electron chi connectivity index (χ3n) is 3.87. The lowest BCUT2D eigenvalue weighted by Crippen LogP contribution is -2.16. The monoisotopic (exact) mass is 447 g/mol. The Bertz CT molecular complexity index is 968. The number of esters is 1. The summed E-state index contributed by atoms with van der Waals surface area (Å²) in [6, 6.07) is 13.2. The van der Waals surface area contributed by atoms with E-state index in [1.807, 2.05) is 29.6 Å². The zero-order valence-electron chi connectivity index (χ0n) is 14.3. The summed E-state index contributed by atoms with van der Waals surface area (Å²) in [5, 5.41) is 5.00. The molecule has 0 spiro atoms. The molecule has 0 saturated heterocycles. The highest BCUT2D eigenvalue weighted by Gasteiger charge is 2.22. The first-order valence-electron chi connectivity index (χ1n) is 7.98. The lowest BCUT2D eigenvalue weighted by molar-refractivity contribution is -0.115. The van der Waals surface area contributed by atoms with Crippen molar-refractivity contribution in [2.45, 2.75) is 6.42 Å². The molecule has 4 nitrogen and oxygen atoms in total. The Morgan fingerprint density at radius 2 is 1.78 bits per heavy atom. The number of rotatable bonds is 5. The van der Waals surface area contributed by atoms with Gasteiger partial charge in [0.15, 0.2) is 0 Å². The second kappa shape index (κ2) is 8.45. The SMILES string of the molecule is COC(=O)c1c(-c2ccc(Br)cc2)csc1NC(=O)Cc1ccc(F)cc1. The summed E-state index contributed by atoms with van der Waals surface area (Å²) in [6.07, 6.45) is 0.0758. The fourth-order valence-electron chi connectivity index (χ4n) is 2.55. The third-order valence-corrected chi connectivity index (χ3v) is 5.29. The van der Waals surface area contributed by atoms with Gasteiger partial charge >= 0.3 is 5.97 Å². The number of hydrogen-bond donors (Lipinski definition) is 1. The van der Waals surface area contributed by atoms with Crippen molar-refractivity contribution in [1.82, 2.24) is 0 Å². The van der Waals surface area contributed by atoms with Crippen LogP contribution in [0.4, 0.5) is 9.39 Å². The van der Waals surface area contributed by atoms with Crippen LogP contribution in [0, 0.1) is 5.82 Å². The predicted molar refractivity (Wildman–Crippen MR) is 108 cm³/mol. The Morgan fingerprint density at radius 1 is 1.11 bits per heavy atom. The average molecular weight is 448 g/mol. The van der Waals surface area contributed by atoms with Gasteiger partial charge in [-0.05, 0) is 35.4 Å². The summed E-state index contributed by atoms with van der Waals surface area (Å²) in [5.74, 6) is -1.17. The minimum Gasteiger partial charge on any atom is -0.465 e. The summed E-state index contributed by atoms with van der Waals surface area (Å²) in [5.41, 5.74) is 2.53. The second-order valence-electron chi connectivity index (χ2n) is 5.70. The van der Waals surface area contributed by atoms with E-state index in [0.29, 0.717) is 21.7 Å². The molecule has 0 aliphatic heterocycles. The molecule has 0 unspecified atom stereocenters. The van der Waals surface area contributed by atoms with Crippen LogP contribution >= 0.6 is 27.3 Å². The predicted octanol–water partition coefficient (Wildman–Crippen LogP) is 5.28. The lowest BCUT2D eigenvalue weighted by atomic mass is 10.0. The Morgan fingerprint density at radius 3 is 2.41 bits per heavy atom. The van der Waals surface area contributed by atoms with Crippen molar-refractivity contribution in [3.8, 4) is 11.1 Å². The van der Waals surface area contributed by atoms with E-state index in [9.17, 15) is 14.0 Å². The van der Waals surface area contributed by atoms with Crippen LogP contribution in [-0.4, -0.2) is 19.0 Å². The van der Waals surface area contributed by atoms with Gasteiger partial charge in [0, 0.05) is 15.4 Å². The maximum absolute atomic E-state index is 13.0. The van der Waals surface area contributed by atoms with E-state index in [0.717, 1.165) is 10.0 Å². The van der Waals surface area contributed by atoms with Crippen LogP contribution in [0.15, 0.2) is 58.4 Å². The Kier molecular flexibility index (Phi) is 6.03. The molecule has 0 aliphatic carbocycles.